The monoisotopic (exact) mass is 235 g/mol. The van der Waals surface area contributed by atoms with Crippen LogP contribution < -0.4 is 0 Å². The van der Waals surface area contributed by atoms with Gasteiger partial charge in [0.15, 0.2) is 5.69 Å². The molecule has 0 aromatic carbocycles. The number of rotatable bonds is 3. The minimum absolute atomic E-state index is 0.121. The molecular formula is C9H8ClF2NO2. The Hall–Kier alpha value is -1.23. The summed E-state index contributed by atoms with van der Waals surface area (Å²) in [6.45, 7) is 1.45. The van der Waals surface area contributed by atoms with Gasteiger partial charge in [-0.2, -0.15) is 0 Å². The fraction of sp³-hybridized carbons (Fsp3) is 0.333. The fourth-order valence-corrected chi connectivity index (χ4v) is 1.52. The molecule has 3 nitrogen and oxygen atoms in total. The predicted octanol–water partition coefficient (Wildman–Crippen LogP) is 2.76. The van der Waals surface area contributed by atoms with Gasteiger partial charge in [0, 0.05) is 16.8 Å². The molecule has 6 heteroatoms. The number of aromatic nitrogens is 1. The number of aromatic carboxylic acids is 1. The molecule has 0 fully saturated rings. The number of carbonyl (C=O) groups is 1. The van der Waals surface area contributed by atoms with Gasteiger partial charge in [0.05, 0.1) is 5.88 Å². The minimum Gasteiger partial charge on any atom is -0.477 e. The van der Waals surface area contributed by atoms with Crippen LogP contribution in [0.1, 0.15) is 33.7 Å². The molecule has 0 aliphatic rings. The summed E-state index contributed by atoms with van der Waals surface area (Å²) < 4.78 is 25.1. The van der Waals surface area contributed by atoms with Gasteiger partial charge in [-0.25, -0.2) is 18.6 Å². The predicted molar refractivity (Wildman–Crippen MR) is 50.4 cm³/mol. The van der Waals surface area contributed by atoms with Crippen LogP contribution in [-0.2, 0) is 5.88 Å². The summed E-state index contributed by atoms with van der Waals surface area (Å²) >= 11 is 5.44. The molecule has 1 heterocycles. The number of halogens is 3. The minimum atomic E-state index is -2.75. The summed E-state index contributed by atoms with van der Waals surface area (Å²) in [7, 11) is 0. The first-order valence-corrected chi connectivity index (χ1v) is 4.58. The van der Waals surface area contributed by atoms with E-state index in [0.29, 0.717) is 0 Å². The molecule has 1 aromatic rings. The molecule has 0 saturated carbocycles. The van der Waals surface area contributed by atoms with E-state index < -0.39 is 18.1 Å². The van der Waals surface area contributed by atoms with Crippen LogP contribution in [0.5, 0.6) is 0 Å². The lowest BCUT2D eigenvalue weighted by atomic mass is 10.1. The normalized spacial score (nSPS) is 10.7. The van der Waals surface area contributed by atoms with Crippen LogP contribution in [0.3, 0.4) is 0 Å². The van der Waals surface area contributed by atoms with Crippen molar-refractivity contribution in [2.24, 2.45) is 0 Å². The molecule has 82 valence electrons. The molecule has 0 spiro atoms. The zero-order valence-corrected chi connectivity index (χ0v) is 8.55. The van der Waals surface area contributed by atoms with Crippen molar-refractivity contribution < 1.29 is 18.7 Å². The van der Waals surface area contributed by atoms with E-state index in [1.54, 1.807) is 0 Å². The van der Waals surface area contributed by atoms with Crippen LogP contribution in [0.4, 0.5) is 8.78 Å². The Morgan fingerprint density at radius 1 is 1.67 bits per heavy atom. The van der Waals surface area contributed by atoms with Crippen LogP contribution in [0.15, 0.2) is 6.07 Å². The molecule has 0 aliphatic heterocycles. The number of hydrogen-bond acceptors (Lipinski definition) is 2. The molecule has 0 aliphatic carbocycles. The summed E-state index contributed by atoms with van der Waals surface area (Å²) in [4.78, 5) is 14.4. The van der Waals surface area contributed by atoms with Crippen LogP contribution in [0.25, 0.3) is 0 Å². The highest BCUT2D eigenvalue weighted by Gasteiger charge is 2.21. The number of alkyl halides is 3. The average Bonchev–Trinajstić information content (AvgIpc) is 2.16. The lowest BCUT2D eigenvalue weighted by molar-refractivity contribution is 0.0688. The Balaban J connectivity index is 3.45. The number of hydrogen-bond donors (Lipinski definition) is 1. The Morgan fingerprint density at radius 3 is 2.67 bits per heavy atom. The van der Waals surface area contributed by atoms with Gasteiger partial charge >= 0.3 is 5.97 Å². The Morgan fingerprint density at radius 2 is 2.27 bits per heavy atom. The van der Waals surface area contributed by atoms with Crippen molar-refractivity contribution in [2.75, 3.05) is 0 Å². The second kappa shape index (κ2) is 4.53. The lowest BCUT2D eigenvalue weighted by Gasteiger charge is -2.09. The lowest BCUT2D eigenvalue weighted by Crippen LogP contribution is -2.09. The molecule has 0 saturated heterocycles. The molecule has 1 rings (SSSR count). The third-order valence-electron chi connectivity index (χ3n) is 1.86. The Bertz CT molecular complexity index is 396. The van der Waals surface area contributed by atoms with Crippen LogP contribution in [0, 0.1) is 6.92 Å². The zero-order chi connectivity index (χ0) is 11.6. The third-order valence-corrected chi connectivity index (χ3v) is 2.13. The van der Waals surface area contributed by atoms with Crippen molar-refractivity contribution in [3.63, 3.8) is 0 Å². The fourth-order valence-electron chi connectivity index (χ4n) is 1.24. The van der Waals surface area contributed by atoms with Crippen molar-refractivity contribution in [1.29, 1.82) is 0 Å². The molecule has 1 aromatic heterocycles. The maximum Gasteiger partial charge on any atom is 0.354 e. The van der Waals surface area contributed by atoms with Gasteiger partial charge in [-0.3, -0.25) is 0 Å². The largest absolute Gasteiger partial charge is 0.477 e. The van der Waals surface area contributed by atoms with E-state index in [0.717, 1.165) is 6.07 Å². The number of nitrogens with zero attached hydrogens (tertiary/aromatic N) is 1. The van der Waals surface area contributed by atoms with Crippen molar-refractivity contribution in [2.45, 2.75) is 19.2 Å². The van der Waals surface area contributed by atoms with Gasteiger partial charge in [0.25, 0.3) is 6.43 Å². The summed E-state index contributed by atoms with van der Waals surface area (Å²) in [6, 6.07) is 1.15. The second-order valence-corrected chi connectivity index (χ2v) is 3.19. The van der Waals surface area contributed by atoms with Gasteiger partial charge in [-0.15, -0.1) is 11.6 Å². The van der Waals surface area contributed by atoms with E-state index in [2.05, 4.69) is 4.98 Å². The van der Waals surface area contributed by atoms with Gasteiger partial charge in [-0.05, 0) is 13.0 Å². The molecule has 0 amide bonds. The SMILES string of the molecule is Cc1cc(C(F)F)c(CCl)c(C(=O)O)n1. The highest BCUT2D eigenvalue weighted by molar-refractivity contribution is 6.17. The quantitative estimate of drug-likeness (QED) is 0.820. The average molecular weight is 236 g/mol. The maximum atomic E-state index is 12.6. The van der Waals surface area contributed by atoms with E-state index in [9.17, 15) is 13.6 Å². The topological polar surface area (TPSA) is 50.2 Å². The van der Waals surface area contributed by atoms with E-state index in [1.165, 1.54) is 6.92 Å². The van der Waals surface area contributed by atoms with E-state index >= 15 is 0 Å². The highest BCUT2D eigenvalue weighted by Crippen LogP contribution is 2.26. The first-order chi connectivity index (χ1) is 6.97. The van der Waals surface area contributed by atoms with Gasteiger partial charge in [-0.1, -0.05) is 0 Å². The first kappa shape index (κ1) is 11.8. The van der Waals surface area contributed by atoms with Gasteiger partial charge < -0.3 is 5.11 Å². The van der Waals surface area contributed by atoms with Gasteiger partial charge in [0.1, 0.15) is 0 Å². The smallest absolute Gasteiger partial charge is 0.354 e. The summed E-state index contributed by atoms with van der Waals surface area (Å²) in [5, 5.41) is 8.76. The van der Waals surface area contributed by atoms with Crippen molar-refractivity contribution in [3.05, 3.63) is 28.6 Å². The molecule has 0 bridgehead atoms. The Labute approximate surface area is 89.7 Å². The number of carboxylic acid groups (broad SMARTS) is 1. The number of pyridine rings is 1. The van der Waals surface area contributed by atoms with Crippen LogP contribution >= 0.6 is 11.6 Å². The maximum absolute atomic E-state index is 12.6. The van der Waals surface area contributed by atoms with Crippen molar-refractivity contribution >= 4 is 17.6 Å². The van der Waals surface area contributed by atoms with E-state index in [4.69, 9.17) is 16.7 Å². The first-order valence-electron chi connectivity index (χ1n) is 4.05. The van der Waals surface area contributed by atoms with E-state index in [1.807, 2.05) is 0 Å². The summed E-state index contributed by atoms with van der Waals surface area (Å²) in [6.07, 6.45) is -2.75. The molecule has 0 unspecified atom stereocenters. The highest BCUT2D eigenvalue weighted by atomic mass is 35.5. The zero-order valence-electron chi connectivity index (χ0n) is 7.80. The molecule has 1 N–H and O–H groups in total. The Kier molecular flexibility index (Phi) is 3.57. The van der Waals surface area contributed by atoms with Gasteiger partial charge in [0.2, 0.25) is 0 Å². The molecule has 15 heavy (non-hydrogen) atoms. The van der Waals surface area contributed by atoms with E-state index in [-0.39, 0.29) is 22.7 Å². The third kappa shape index (κ3) is 2.41. The van der Waals surface area contributed by atoms with Crippen molar-refractivity contribution in [3.8, 4) is 0 Å². The summed E-state index contributed by atoms with van der Waals surface area (Å²) in [5.74, 6) is -1.65. The number of carboxylic acids is 1. The summed E-state index contributed by atoms with van der Waals surface area (Å²) in [5.41, 5.74) is -0.656. The second-order valence-electron chi connectivity index (χ2n) is 2.92. The molecule has 0 radical (unpaired) electrons. The molecule has 0 atom stereocenters. The number of aryl methyl sites for hydroxylation is 1. The molecular weight excluding hydrogens is 228 g/mol. The van der Waals surface area contributed by atoms with Crippen LogP contribution in [0.2, 0.25) is 0 Å². The standard InChI is InChI=1S/C9H8ClF2NO2/c1-4-2-5(8(11)12)6(3-10)7(13-4)9(14)15/h2,8H,3H2,1H3,(H,14,15). The van der Waals surface area contributed by atoms with Crippen molar-refractivity contribution in [1.82, 2.24) is 4.98 Å². The van der Waals surface area contributed by atoms with Crippen LogP contribution in [-0.4, -0.2) is 16.1 Å².